The number of hydrogen-bond donors (Lipinski definition) is 2. The molecule has 0 aliphatic carbocycles. The summed E-state index contributed by atoms with van der Waals surface area (Å²) in [4.78, 5) is 13.9. The summed E-state index contributed by atoms with van der Waals surface area (Å²) in [5.41, 5.74) is 3.87. The number of aromatic nitrogens is 6. The molecule has 2 N–H and O–H groups in total. The number of phenols is 1. The number of aromatic hydroxyl groups is 1. The predicted molar refractivity (Wildman–Crippen MR) is 244 cm³/mol. The number of carbonyl (C=O) groups is 1. The van der Waals surface area contributed by atoms with Crippen LogP contribution >= 0.6 is 11.8 Å². The van der Waals surface area contributed by atoms with Crippen molar-refractivity contribution in [2.24, 2.45) is 0 Å². The van der Waals surface area contributed by atoms with Crippen LogP contribution in [0.3, 0.4) is 0 Å². The van der Waals surface area contributed by atoms with E-state index < -0.39 is 5.91 Å². The lowest BCUT2D eigenvalue weighted by Gasteiger charge is -2.16. The van der Waals surface area contributed by atoms with Gasteiger partial charge in [0.05, 0.1) is 29.2 Å². The summed E-state index contributed by atoms with van der Waals surface area (Å²) in [5, 5.41) is 33.5. The average Bonchev–Trinajstić information content (AvgIpc) is 3.90. The molecule has 11 nitrogen and oxygen atoms in total. The Balaban J connectivity index is 1.03. The molecule has 5 aromatic carbocycles. The Bertz CT molecular complexity index is 2450. The third kappa shape index (κ3) is 11.4. The van der Waals surface area contributed by atoms with Crippen molar-refractivity contribution in [2.75, 3.05) is 11.9 Å². The maximum absolute atomic E-state index is 13.9. The number of rotatable bonds is 23. The summed E-state index contributed by atoms with van der Waals surface area (Å²) in [6, 6.07) is 35.7. The Labute approximate surface area is 362 Å². The first-order valence-electron chi connectivity index (χ1n) is 21.6. The topological polar surface area (TPSA) is 129 Å². The Morgan fingerprint density at radius 2 is 1.31 bits per heavy atom. The second-order valence-corrected chi connectivity index (χ2v) is 16.2. The number of para-hydroxylation sites is 2. The number of unbranched alkanes of at least 4 members (excludes halogenated alkanes) is 11. The number of tetrazole rings is 1. The second kappa shape index (κ2) is 21.9. The molecule has 7 aromatic rings. The number of hydrogen-bond acceptors (Lipinski definition) is 9. The van der Waals surface area contributed by atoms with Gasteiger partial charge in [0.25, 0.3) is 5.91 Å². The van der Waals surface area contributed by atoms with E-state index in [-0.39, 0.29) is 11.3 Å². The molecule has 12 heteroatoms. The Morgan fingerprint density at radius 3 is 1.97 bits per heavy atom. The van der Waals surface area contributed by atoms with Crippen molar-refractivity contribution in [3.8, 4) is 34.5 Å². The van der Waals surface area contributed by atoms with Crippen molar-refractivity contribution >= 4 is 34.1 Å². The van der Waals surface area contributed by atoms with Gasteiger partial charge in [-0.2, -0.15) is 9.78 Å². The molecule has 0 unspecified atom stereocenters. The number of carbonyl (C=O) groups excluding carboxylic acids is 1. The van der Waals surface area contributed by atoms with Gasteiger partial charge in [0.1, 0.15) is 17.2 Å². The summed E-state index contributed by atoms with van der Waals surface area (Å²) in [6.45, 7) is 4.86. The van der Waals surface area contributed by atoms with Crippen LogP contribution in [0.15, 0.2) is 120 Å². The average molecular weight is 838 g/mol. The highest BCUT2D eigenvalue weighted by molar-refractivity contribution is 7.98. The van der Waals surface area contributed by atoms with Gasteiger partial charge in [-0.15, -0.1) is 5.10 Å². The fourth-order valence-corrected chi connectivity index (χ4v) is 8.31. The second-order valence-electron chi connectivity index (χ2n) is 15.2. The van der Waals surface area contributed by atoms with Gasteiger partial charge in [-0.25, -0.2) is 4.68 Å². The lowest BCUT2D eigenvalue weighted by atomic mass is 10.0. The largest absolute Gasteiger partial charge is 0.506 e. The van der Waals surface area contributed by atoms with E-state index in [1.807, 2.05) is 110 Å². The zero-order chi connectivity index (χ0) is 42.2. The highest BCUT2D eigenvalue weighted by atomic mass is 32.2. The van der Waals surface area contributed by atoms with Crippen LogP contribution < -0.4 is 14.8 Å². The molecule has 2 heterocycles. The van der Waals surface area contributed by atoms with Gasteiger partial charge in [0.2, 0.25) is 11.0 Å². The summed E-state index contributed by atoms with van der Waals surface area (Å²) >= 11 is 1.46. The van der Waals surface area contributed by atoms with Crippen molar-refractivity contribution in [1.29, 1.82) is 0 Å². The molecule has 2 aromatic heterocycles. The van der Waals surface area contributed by atoms with Gasteiger partial charge in [-0.05, 0) is 78.4 Å². The summed E-state index contributed by atoms with van der Waals surface area (Å²) in [6.07, 6.45) is 15.6. The molecule has 61 heavy (non-hydrogen) atoms. The molecule has 0 aliphatic heterocycles. The minimum atomic E-state index is -0.477. The Hall–Kier alpha value is -6.14. The van der Waals surface area contributed by atoms with Crippen LogP contribution in [0.2, 0.25) is 0 Å². The van der Waals surface area contributed by atoms with Crippen molar-refractivity contribution in [1.82, 2.24) is 30.0 Å². The highest BCUT2D eigenvalue weighted by Gasteiger charge is 2.24. The van der Waals surface area contributed by atoms with Gasteiger partial charge < -0.3 is 19.9 Å². The molecule has 0 atom stereocenters. The molecule has 316 valence electrons. The number of benzene rings is 5. The van der Waals surface area contributed by atoms with Gasteiger partial charge in [-0.1, -0.05) is 150 Å². The zero-order valence-electron chi connectivity index (χ0n) is 35.1. The van der Waals surface area contributed by atoms with Gasteiger partial charge >= 0.3 is 0 Å². The molecule has 0 radical (unpaired) electrons. The minimum Gasteiger partial charge on any atom is -0.506 e. The number of aryl methyl sites for hydroxylation is 1. The van der Waals surface area contributed by atoms with Crippen LogP contribution in [0.1, 0.15) is 106 Å². The number of nitrogens with one attached hydrogen (secondary N) is 1. The molecule has 0 fully saturated rings. The van der Waals surface area contributed by atoms with Crippen LogP contribution in [-0.2, 0) is 5.75 Å². The molecule has 0 bridgehead atoms. The van der Waals surface area contributed by atoms with Gasteiger partial charge in [-0.3, -0.25) is 4.79 Å². The van der Waals surface area contributed by atoms with E-state index in [0.717, 1.165) is 41.2 Å². The number of amides is 1. The predicted octanol–water partition coefficient (Wildman–Crippen LogP) is 12.4. The first-order chi connectivity index (χ1) is 30.0. The first-order valence-corrected chi connectivity index (χ1v) is 22.6. The van der Waals surface area contributed by atoms with Crippen LogP contribution in [0.5, 0.6) is 23.1 Å². The van der Waals surface area contributed by atoms with E-state index in [1.54, 1.807) is 21.5 Å². The van der Waals surface area contributed by atoms with E-state index in [9.17, 15) is 9.90 Å². The van der Waals surface area contributed by atoms with E-state index in [0.29, 0.717) is 45.6 Å². The number of phenolic OH excluding ortho intramolecular Hbond substituents is 1. The normalized spacial score (nSPS) is 11.2. The maximum Gasteiger partial charge on any atom is 0.259 e. The highest BCUT2D eigenvalue weighted by Crippen LogP contribution is 2.41. The molecular weight excluding hydrogens is 783 g/mol. The minimum absolute atomic E-state index is 0.0708. The summed E-state index contributed by atoms with van der Waals surface area (Å²) in [5.74, 6) is 1.42. The van der Waals surface area contributed by atoms with Crippen LogP contribution in [-0.4, -0.2) is 47.6 Å². The van der Waals surface area contributed by atoms with Crippen molar-refractivity contribution in [3.05, 3.63) is 132 Å². The van der Waals surface area contributed by atoms with Crippen LogP contribution in [0, 0.1) is 6.92 Å². The number of ether oxygens (including phenoxy) is 2. The fourth-order valence-electron chi connectivity index (χ4n) is 7.34. The van der Waals surface area contributed by atoms with Gasteiger partial charge in [0.15, 0.2) is 0 Å². The van der Waals surface area contributed by atoms with Crippen molar-refractivity contribution in [3.63, 3.8) is 0 Å². The molecule has 0 spiro atoms. The number of thioether (sulfide) groups is 1. The molecule has 0 saturated heterocycles. The van der Waals surface area contributed by atoms with Gasteiger partial charge in [0, 0.05) is 27.8 Å². The molecule has 1 amide bonds. The molecule has 0 aliphatic rings. The monoisotopic (exact) mass is 837 g/mol. The molecular formula is C49H55N7O4S. The third-order valence-corrected chi connectivity index (χ3v) is 11.7. The molecule has 7 rings (SSSR count). The summed E-state index contributed by atoms with van der Waals surface area (Å²) in [7, 11) is 0. The van der Waals surface area contributed by atoms with E-state index in [4.69, 9.17) is 14.6 Å². The standard InChI is InChI=1S/C49H55N7O4S/c1-3-4-5-6-7-8-9-10-11-12-13-22-33-59-40-31-29-37(30-32-40)50-47(58)43-34-45(41-27-20-21-28-42(41)46(43)57)60-48-44(36(2)52-55(48)38-23-16-14-17-24-38)35-61-49-51-53-54-56(49)39-25-18-15-19-26-39/h14-21,23-32,34,57H,3-13,22,33,35H2,1-2H3,(H,50,58). The summed E-state index contributed by atoms with van der Waals surface area (Å²) < 4.78 is 16.3. The SMILES string of the molecule is CCCCCCCCCCCCCCOc1ccc(NC(=O)c2cc(Oc3c(CSc4nnnn4-c4ccccc4)c(C)nn3-c3ccccc3)c3ccccc3c2O)cc1. The van der Waals surface area contributed by atoms with E-state index >= 15 is 0 Å². The van der Waals surface area contributed by atoms with Crippen LogP contribution in [0.25, 0.3) is 22.1 Å². The first kappa shape index (κ1) is 43.0. The van der Waals surface area contributed by atoms with Crippen molar-refractivity contribution in [2.45, 2.75) is 102 Å². The zero-order valence-corrected chi connectivity index (χ0v) is 35.9. The maximum atomic E-state index is 13.9. The Kier molecular flexibility index (Phi) is 15.4. The lowest BCUT2D eigenvalue weighted by molar-refractivity contribution is 0.102. The lowest BCUT2D eigenvalue weighted by Crippen LogP contribution is -2.12. The van der Waals surface area contributed by atoms with E-state index in [1.165, 1.54) is 76.0 Å². The number of fused-ring (bicyclic) bond motifs is 1. The van der Waals surface area contributed by atoms with E-state index in [2.05, 4.69) is 27.8 Å². The quantitative estimate of drug-likeness (QED) is 0.0478. The van der Waals surface area contributed by atoms with Crippen molar-refractivity contribution < 1.29 is 19.4 Å². The number of nitrogens with zero attached hydrogens (tertiary/aromatic N) is 6. The smallest absolute Gasteiger partial charge is 0.259 e. The fraction of sp³-hybridized carbons (Fsp3) is 0.327. The third-order valence-electron chi connectivity index (χ3n) is 10.7. The van der Waals surface area contributed by atoms with Crippen LogP contribution in [0.4, 0.5) is 5.69 Å². The number of anilines is 1. The molecule has 0 saturated carbocycles. The Morgan fingerprint density at radius 1 is 0.721 bits per heavy atom.